The van der Waals surface area contributed by atoms with Crippen LogP contribution in [0.1, 0.15) is 23.8 Å². The Morgan fingerprint density at radius 3 is 2.88 bits per heavy atom. The number of thioether (sulfide) groups is 1. The highest BCUT2D eigenvalue weighted by Crippen LogP contribution is 2.37. The summed E-state index contributed by atoms with van der Waals surface area (Å²) in [5.74, 6) is 1.68. The van der Waals surface area contributed by atoms with Gasteiger partial charge in [0.05, 0.1) is 11.5 Å². The van der Waals surface area contributed by atoms with Gasteiger partial charge in [0.15, 0.2) is 4.34 Å². The first-order valence-corrected chi connectivity index (χ1v) is 6.58. The van der Waals surface area contributed by atoms with Crippen molar-refractivity contribution in [1.29, 1.82) is 0 Å². The van der Waals surface area contributed by atoms with Crippen molar-refractivity contribution in [2.24, 2.45) is 5.73 Å². The molecule has 0 spiro atoms. The molecule has 6 heteroatoms. The fourth-order valence-electron chi connectivity index (χ4n) is 1.31. The molecular formula is C10H13N3OS2. The van der Waals surface area contributed by atoms with E-state index in [9.17, 15) is 0 Å². The lowest BCUT2D eigenvalue weighted by Crippen LogP contribution is -2.22. The van der Waals surface area contributed by atoms with E-state index in [1.807, 2.05) is 26.0 Å². The molecule has 0 bridgehead atoms. The number of nitrogens with two attached hydrogens (primary N) is 1. The second-order valence-corrected chi connectivity index (χ2v) is 5.66. The maximum atomic E-state index is 5.96. The van der Waals surface area contributed by atoms with Gasteiger partial charge in [0.25, 0.3) is 0 Å². The Morgan fingerprint density at radius 1 is 1.56 bits per heavy atom. The summed E-state index contributed by atoms with van der Waals surface area (Å²) in [6.45, 7) is 3.85. The summed E-state index contributed by atoms with van der Waals surface area (Å²) in [6, 6.07) is 3.81. The molecular weight excluding hydrogens is 242 g/mol. The third kappa shape index (κ3) is 2.63. The average Bonchev–Trinajstić information content (AvgIpc) is 2.84. The molecule has 0 radical (unpaired) electrons. The van der Waals surface area contributed by atoms with E-state index in [1.54, 1.807) is 18.0 Å². The SMILES string of the molecule is Cc1nsc(SC(c2ccco2)C(C)N)n1. The van der Waals surface area contributed by atoms with Crippen molar-refractivity contribution in [1.82, 2.24) is 9.36 Å². The number of hydrogen-bond donors (Lipinski definition) is 1. The van der Waals surface area contributed by atoms with Crippen molar-refractivity contribution in [2.75, 3.05) is 0 Å². The fourth-order valence-corrected chi connectivity index (χ4v) is 3.20. The molecule has 0 saturated carbocycles. The van der Waals surface area contributed by atoms with Gasteiger partial charge in [-0.05, 0) is 37.5 Å². The topological polar surface area (TPSA) is 64.9 Å². The van der Waals surface area contributed by atoms with E-state index >= 15 is 0 Å². The van der Waals surface area contributed by atoms with Gasteiger partial charge in [-0.1, -0.05) is 11.8 Å². The Kier molecular flexibility index (Phi) is 3.63. The summed E-state index contributed by atoms with van der Waals surface area (Å²) in [7, 11) is 0. The molecule has 2 atom stereocenters. The number of rotatable bonds is 4. The van der Waals surface area contributed by atoms with E-state index in [1.165, 1.54) is 11.5 Å². The Bertz CT molecular complexity index is 439. The van der Waals surface area contributed by atoms with Gasteiger partial charge in [0, 0.05) is 6.04 Å². The van der Waals surface area contributed by atoms with Crippen LogP contribution in [0.5, 0.6) is 0 Å². The quantitative estimate of drug-likeness (QED) is 0.851. The van der Waals surface area contributed by atoms with E-state index in [2.05, 4.69) is 9.36 Å². The zero-order valence-corrected chi connectivity index (χ0v) is 10.7. The average molecular weight is 255 g/mol. The summed E-state index contributed by atoms with van der Waals surface area (Å²) < 4.78 is 10.5. The fraction of sp³-hybridized carbons (Fsp3) is 0.400. The maximum absolute atomic E-state index is 5.96. The standard InChI is InChI=1S/C10H13N3OS2/c1-6(11)9(8-4-3-5-14-8)15-10-12-7(2)13-16-10/h3-6,9H,11H2,1-2H3. The number of aryl methyl sites for hydroxylation is 1. The van der Waals surface area contributed by atoms with E-state index in [4.69, 9.17) is 10.2 Å². The van der Waals surface area contributed by atoms with Gasteiger partial charge in [-0.3, -0.25) is 0 Å². The van der Waals surface area contributed by atoms with Crippen molar-refractivity contribution in [2.45, 2.75) is 29.5 Å². The Labute approximate surface area is 102 Å². The zero-order valence-electron chi connectivity index (χ0n) is 9.08. The van der Waals surface area contributed by atoms with Gasteiger partial charge in [-0.15, -0.1) is 0 Å². The first kappa shape index (κ1) is 11.6. The molecule has 0 aliphatic rings. The number of furan rings is 1. The summed E-state index contributed by atoms with van der Waals surface area (Å²) in [6.07, 6.45) is 1.66. The van der Waals surface area contributed by atoms with Crippen LogP contribution in [0, 0.1) is 6.92 Å². The smallest absolute Gasteiger partial charge is 0.170 e. The zero-order chi connectivity index (χ0) is 11.5. The van der Waals surface area contributed by atoms with Gasteiger partial charge >= 0.3 is 0 Å². The lowest BCUT2D eigenvalue weighted by molar-refractivity contribution is 0.486. The van der Waals surface area contributed by atoms with Gasteiger partial charge in [0.2, 0.25) is 0 Å². The van der Waals surface area contributed by atoms with Crippen molar-refractivity contribution in [3.63, 3.8) is 0 Å². The predicted octanol–water partition coefficient (Wildman–Crippen LogP) is 2.62. The molecule has 0 aliphatic carbocycles. The Balaban J connectivity index is 2.15. The molecule has 2 rings (SSSR count). The molecule has 0 amide bonds. The molecule has 0 saturated heterocycles. The highest BCUT2D eigenvalue weighted by Gasteiger charge is 2.22. The molecule has 0 fully saturated rings. The van der Waals surface area contributed by atoms with Crippen molar-refractivity contribution >= 4 is 23.3 Å². The summed E-state index contributed by atoms with van der Waals surface area (Å²) in [5, 5.41) is 0.0855. The maximum Gasteiger partial charge on any atom is 0.170 e. The lowest BCUT2D eigenvalue weighted by Gasteiger charge is -2.15. The third-order valence-corrected chi connectivity index (χ3v) is 4.36. The Hall–Kier alpha value is -0.850. The van der Waals surface area contributed by atoms with Crippen molar-refractivity contribution in [3.05, 3.63) is 30.0 Å². The first-order valence-electron chi connectivity index (χ1n) is 4.93. The molecule has 0 aromatic carbocycles. The second-order valence-electron chi connectivity index (χ2n) is 3.52. The number of hydrogen-bond acceptors (Lipinski definition) is 6. The second kappa shape index (κ2) is 4.99. The molecule has 2 unspecified atom stereocenters. The van der Waals surface area contributed by atoms with Crippen molar-refractivity contribution in [3.8, 4) is 0 Å². The minimum absolute atomic E-state index is 0.000330. The normalized spacial score (nSPS) is 14.9. The summed E-state index contributed by atoms with van der Waals surface area (Å²) in [4.78, 5) is 4.32. The number of nitrogens with zero attached hydrogens (tertiary/aromatic N) is 2. The van der Waals surface area contributed by atoms with Gasteiger partial charge in [-0.2, -0.15) is 4.37 Å². The largest absolute Gasteiger partial charge is 0.468 e. The highest BCUT2D eigenvalue weighted by molar-refractivity contribution is 8.01. The van der Waals surface area contributed by atoms with Crippen LogP contribution >= 0.6 is 23.3 Å². The van der Waals surface area contributed by atoms with Crippen molar-refractivity contribution < 1.29 is 4.42 Å². The molecule has 0 aliphatic heterocycles. The van der Waals surface area contributed by atoms with Crippen LogP contribution in [-0.4, -0.2) is 15.4 Å². The molecule has 2 N–H and O–H groups in total. The van der Waals surface area contributed by atoms with Crippen LogP contribution in [0.25, 0.3) is 0 Å². The van der Waals surface area contributed by atoms with E-state index in [-0.39, 0.29) is 11.3 Å². The molecule has 2 aromatic rings. The summed E-state index contributed by atoms with van der Waals surface area (Å²) >= 11 is 3.00. The van der Waals surface area contributed by atoms with Crippen LogP contribution < -0.4 is 5.73 Å². The van der Waals surface area contributed by atoms with Crippen LogP contribution in [0.2, 0.25) is 0 Å². The highest BCUT2D eigenvalue weighted by atomic mass is 32.2. The van der Waals surface area contributed by atoms with Gasteiger partial charge in [0.1, 0.15) is 11.6 Å². The predicted molar refractivity (Wildman–Crippen MR) is 65.6 cm³/mol. The van der Waals surface area contributed by atoms with Crippen LogP contribution in [0.15, 0.2) is 27.2 Å². The van der Waals surface area contributed by atoms with Crippen LogP contribution in [0.4, 0.5) is 0 Å². The van der Waals surface area contributed by atoms with E-state index in [0.29, 0.717) is 0 Å². The third-order valence-electron chi connectivity index (χ3n) is 2.04. The van der Waals surface area contributed by atoms with Crippen LogP contribution in [-0.2, 0) is 0 Å². The monoisotopic (exact) mass is 255 g/mol. The lowest BCUT2D eigenvalue weighted by atomic mass is 10.2. The molecule has 2 heterocycles. The van der Waals surface area contributed by atoms with E-state index < -0.39 is 0 Å². The summed E-state index contributed by atoms with van der Waals surface area (Å²) in [5.41, 5.74) is 5.96. The van der Waals surface area contributed by atoms with E-state index in [0.717, 1.165) is 15.9 Å². The Morgan fingerprint density at radius 2 is 2.38 bits per heavy atom. The van der Waals surface area contributed by atoms with Gasteiger partial charge < -0.3 is 10.2 Å². The van der Waals surface area contributed by atoms with Gasteiger partial charge in [-0.25, -0.2) is 4.98 Å². The molecule has 4 nitrogen and oxygen atoms in total. The minimum atomic E-state index is 0.000330. The first-order chi connectivity index (χ1) is 7.66. The molecule has 86 valence electrons. The number of aromatic nitrogens is 2. The van der Waals surface area contributed by atoms with Crippen LogP contribution in [0.3, 0.4) is 0 Å². The molecule has 16 heavy (non-hydrogen) atoms. The minimum Gasteiger partial charge on any atom is -0.468 e. The molecule has 2 aromatic heterocycles.